The predicted octanol–water partition coefficient (Wildman–Crippen LogP) is 4.19. The first-order chi connectivity index (χ1) is 15.0. The number of nitrogens with zero attached hydrogens (tertiary/aromatic N) is 5. The van der Waals surface area contributed by atoms with Gasteiger partial charge in [0.2, 0.25) is 11.7 Å². The van der Waals surface area contributed by atoms with Gasteiger partial charge in [0, 0.05) is 23.5 Å². The van der Waals surface area contributed by atoms with Crippen molar-refractivity contribution in [1.29, 1.82) is 0 Å². The number of hydrogen-bond donors (Lipinski definition) is 0. The average Bonchev–Trinajstić information content (AvgIpc) is 3.40. The van der Waals surface area contributed by atoms with Crippen molar-refractivity contribution in [2.75, 3.05) is 0 Å². The van der Waals surface area contributed by atoms with E-state index in [9.17, 15) is 4.79 Å². The van der Waals surface area contributed by atoms with Crippen LogP contribution in [0.3, 0.4) is 0 Å². The van der Waals surface area contributed by atoms with Crippen molar-refractivity contribution in [1.82, 2.24) is 24.3 Å². The van der Waals surface area contributed by atoms with Gasteiger partial charge >= 0.3 is 0 Å². The molecule has 7 heteroatoms. The molecule has 0 fully saturated rings. The molecule has 5 aromatic rings. The zero-order valence-electron chi connectivity index (χ0n) is 17.5. The molecule has 154 valence electrons. The van der Waals surface area contributed by atoms with Crippen LogP contribution in [-0.2, 0) is 6.54 Å². The van der Waals surface area contributed by atoms with E-state index < -0.39 is 0 Å². The van der Waals surface area contributed by atoms with Crippen molar-refractivity contribution >= 4 is 5.52 Å². The van der Waals surface area contributed by atoms with Crippen LogP contribution in [-0.4, -0.2) is 24.3 Å². The zero-order chi connectivity index (χ0) is 21.5. The van der Waals surface area contributed by atoms with Crippen LogP contribution in [0.25, 0.3) is 28.2 Å². The Hall–Kier alpha value is -4.00. The SMILES string of the molecule is Cc1ccc(-c2noc(Cn3ccn4nc(-c5ccc(C)c(C)c5)cc4c3=O)n2)cc1. The summed E-state index contributed by atoms with van der Waals surface area (Å²) in [6, 6.07) is 15.9. The Balaban J connectivity index is 1.46. The van der Waals surface area contributed by atoms with E-state index in [1.54, 1.807) is 21.5 Å². The number of aryl methyl sites for hydroxylation is 3. The number of rotatable bonds is 4. The summed E-state index contributed by atoms with van der Waals surface area (Å²) in [5.41, 5.74) is 6.52. The Bertz CT molecular complexity index is 1460. The fraction of sp³-hybridized carbons (Fsp3) is 0.167. The number of fused-ring (bicyclic) bond motifs is 1. The maximum absolute atomic E-state index is 13.0. The first-order valence-electron chi connectivity index (χ1n) is 10.0. The van der Waals surface area contributed by atoms with E-state index in [0.29, 0.717) is 17.2 Å². The van der Waals surface area contributed by atoms with Gasteiger partial charge in [-0.05, 0) is 44.0 Å². The van der Waals surface area contributed by atoms with Gasteiger partial charge in [-0.3, -0.25) is 4.79 Å². The lowest BCUT2D eigenvalue weighted by Crippen LogP contribution is -2.21. The average molecular weight is 411 g/mol. The lowest BCUT2D eigenvalue weighted by atomic mass is 10.0. The minimum absolute atomic E-state index is 0.167. The fourth-order valence-electron chi connectivity index (χ4n) is 3.48. The highest BCUT2D eigenvalue weighted by Crippen LogP contribution is 2.22. The molecule has 0 amide bonds. The van der Waals surface area contributed by atoms with Crippen molar-refractivity contribution in [3.05, 3.63) is 93.9 Å². The van der Waals surface area contributed by atoms with Gasteiger partial charge in [0.15, 0.2) is 0 Å². The van der Waals surface area contributed by atoms with E-state index in [2.05, 4.69) is 41.2 Å². The zero-order valence-corrected chi connectivity index (χ0v) is 17.5. The lowest BCUT2D eigenvalue weighted by molar-refractivity contribution is 0.370. The lowest BCUT2D eigenvalue weighted by Gasteiger charge is -2.02. The highest BCUT2D eigenvalue weighted by Gasteiger charge is 2.13. The summed E-state index contributed by atoms with van der Waals surface area (Å²) < 4.78 is 8.53. The second-order valence-electron chi connectivity index (χ2n) is 7.77. The molecule has 0 radical (unpaired) electrons. The van der Waals surface area contributed by atoms with Gasteiger partial charge in [-0.1, -0.05) is 47.1 Å². The van der Waals surface area contributed by atoms with Crippen LogP contribution in [0.2, 0.25) is 0 Å². The van der Waals surface area contributed by atoms with Crippen molar-refractivity contribution in [3.63, 3.8) is 0 Å². The maximum Gasteiger partial charge on any atom is 0.277 e. The Labute approximate surface area is 178 Å². The summed E-state index contributed by atoms with van der Waals surface area (Å²) in [4.78, 5) is 17.5. The standard InChI is InChI=1S/C24H21N5O2/c1-15-4-7-18(8-5-15)23-25-22(31-27-23)14-28-10-11-29-21(24(28)30)13-20(26-29)19-9-6-16(2)17(3)12-19/h4-13H,14H2,1-3H3. The smallest absolute Gasteiger partial charge is 0.277 e. The Morgan fingerprint density at radius 3 is 2.45 bits per heavy atom. The van der Waals surface area contributed by atoms with E-state index in [1.807, 2.05) is 43.3 Å². The van der Waals surface area contributed by atoms with Crippen LogP contribution in [0.1, 0.15) is 22.6 Å². The number of hydrogen-bond acceptors (Lipinski definition) is 5. The number of aromatic nitrogens is 5. The molecule has 31 heavy (non-hydrogen) atoms. The van der Waals surface area contributed by atoms with Crippen LogP contribution in [0, 0.1) is 20.8 Å². The van der Waals surface area contributed by atoms with E-state index in [1.165, 1.54) is 11.1 Å². The summed E-state index contributed by atoms with van der Waals surface area (Å²) in [5, 5.41) is 8.61. The normalized spacial score (nSPS) is 11.3. The van der Waals surface area contributed by atoms with Crippen molar-refractivity contribution in [2.45, 2.75) is 27.3 Å². The summed E-state index contributed by atoms with van der Waals surface area (Å²) in [6.45, 7) is 6.36. The van der Waals surface area contributed by atoms with Gasteiger partial charge < -0.3 is 9.09 Å². The second-order valence-corrected chi connectivity index (χ2v) is 7.77. The van der Waals surface area contributed by atoms with Gasteiger partial charge in [-0.25, -0.2) is 4.52 Å². The third-order valence-electron chi connectivity index (χ3n) is 5.49. The van der Waals surface area contributed by atoms with Crippen molar-refractivity contribution < 1.29 is 4.52 Å². The first kappa shape index (κ1) is 19.0. The molecule has 0 aliphatic rings. The minimum atomic E-state index is -0.167. The molecule has 5 rings (SSSR count). The van der Waals surface area contributed by atoms with Crippen LogP contribution >= 0.6 is 0 Å². The molecule has 0 N–H and O–H groups in total. The van der Waals surface area contributed by atoms with Gasteiger partial charge in [0.25, 0.3) is 5.56 Å². The molecule has 7 nitrogen and oxygen atoms in total. The van der Waals surface area contributed by atoms with Crippen molar-refractivity contribution in [2.24, 2.45) is 0 Å². The van der Waals surface area contributed by atoms with E-state index >= 15 is 0 Å². The Morgan fingerprint density at radius 1 is 0.903 bits per heavy atom. The number of benzene rings is 2. The summed E-state index contributed by atoms with van der Waals surface area (Å²) in [7, 11) is 0. The molecule has 0 spiro atoms. The van der Waals surface area contributed by atoms with Gasteiger partial charge in [-0.15, -0.1) is 0 Å². The monoisotopic (exact) mass is 411 g/mol. The predicted molar refractivity (Wildman–Crippen MR) is 118 cm³/mol. The molecule has 0 atom stereocenters. The molecule has 0 saturated heterocycles. The third-order valence-corrected chi connectivity index (χ3v) is 5.49. The maximum atomic E-state index is 13.0. The van der Waals surface area contributed by atoms with Gasteiger partial charge in [-0.2, -0.15) is 10.1 Å². The first-order valence-corrected chi connectivity index (χ1v) is 10.0. The van der Waals surface area contributed by atoms with E-state index in [4.69, 9.17) is 4.52 Å². The van der Waals surface area contributed by atoms with Crippen LogP contribution in [0.4, 0.5) is 0 Å². The van der Waals surface area contributed by atoms with Crippen LogP contribution < -0.4 is 5.56 Å². The summed E-state index contributed by atoms with van der Waals surface area (Å²) in [6.07, 6.45) is 3.45. The van der Waals surface area contributed by atoms with E-state index in [0.717, 1.165) is 22.4 Å². The molecular weight excluding hydrogens is 390 g/mol. The molecule has 2 aromatic carbocycles. The minimum Gasteiger partial charge on any atom is -0.337 e. The Morgan fingerprint density at radius 2 is 1.68 bits per heavy atom. The van der Waals surface area contributed by atoms with Crippen LogP contribution in [0.5, 0.6) is 0 Å². The highest BCUT2D eigenvalue weighted by atomic mass is 16.5. The molecule has 3 aromatic heterocycles. The molecular formula is C24H21N5O2. The topological polar surface area (TPSA) is 78.2 Å². The van der Waals surface area contributed by atoms with Crippen LogP contribution in [0.15, 0.2) is 70.2 Å². The largest absolute Gasteiger partial charge is 0.337 e. The van der Waals surface area contributed by atoms with Gasteiger partial charge in [0.05, 0.1) is 5.69 Å². The summed E-state index contributed by atoms with van der Waals surface area (Å²) >= 11 is 0. The molecule has 3 heterocycles. The van der Waals surface area contributed by atoms with Gasteiger partial charge in [0.1, 0.15) is 12.1 Å². The molecule has 0 saturated carbocycles. The molecule has 0 unspecified atom stereocenters. The van der Waals surface area contributed by atoms with E-state index in [-0.39, 0.29) is 12.1 Å². The van der Waals surface area contributed by atoms with Crippen molar-refractivity contribution in [3.8, 4) is 22.6 Å². The highest BCUT2D eigenvalue weighted by molar-refractivity contribution is 5.66. The molecule has 0 aliphatic heterocycles. The molecule has 0 bridgehead atoms. The Kier molecular flexibility index (Phi) is 4.51. The fourth-order valence-corrected chi connectivity index (χ4v) is 3.48. The second kappa shape index (κ2) is 7.36. The summed E-state index contributed by atoms with van der Waals surface area (Å²) in [5.74, 6) is 0.876. The quantitative estimate of drug-likeness (QED) is 0.443. The third kappa shape index (κ3) is 3.54. The molecule has 0 aliphatic carbocycles.